The van der Waals surface area contributed by atoms with Crippen LogP contribution in [0, 0.1) is 0 Å². The van der Waals surface area contributed by atoms with Crippen LogP contribution < -0.4 is 16.0 Å². The van der Waals surface area contributed by atoms with E-state index in [9.17, 15) is 13.2 Å². The summed E-state index contributed by atoms with van der Waals surface area (Å²) in [7, 11) is -1.42. The SMILES string of the molecule is CN(c1cc(Nc2ccc(S(C)(=O)=O)cc2)ncc1C(N)=O)c1cccc2[nH]ccc12. The summed E-state index contributed by atoms with van der Waals surface area (Å²) in [5.41, 5.74) is 9.00. The first-order chi connectivity index (χ1) is 14.7. The summed E-state index contributed by atoms with van der Waals surface area (Å²) < 4.78 is 23.3. The van der Waals surface area contributed by atoms with E-state index in [1.807, 2.05) is 42.4 Å². The third-order valence-electron chi connectivity index (χ3n) is 5.00. The molecular weight excluding hydrogens is 414 g/mol. The highest BCUT2D eigenvalue weighted by Gasteiger charge is 2.17. The number of hydrogen-bond acceptors (Lipinski definition) is 6. The number of carbonyl (C=O) groups excluding carboxylic acids is 1. The molecule has 2 heterocycles. The molecule has 4 rings (SSSR count). The first kappa shape index (κ1) is 20.4. The van der Waals surface area contributed by atoms with Gasteiger partial charge in [-0.2, -0.15) is 0 Å². The van der Waals surface area contributed by atoms with Crippen molar-refractivity contribution >= 4 is 49.5 Å². The number of sulfone groups is 1. The van der Waals surface area contributed by atoms with Crippen LogP contribution in [0.4, 0.5) is 22.9 Å². The zero-order valence-corrected chi connectivity index (χ0v) is 17.8. The quantitative estimate of drug-likeness (QED) is 0.426. The van der Waals surface area contributed by atoms with E-state index in [1.165, 1.54) is 18.3 Å². The average Bonchev–Trinajstić information content (AvgIpc) is 3.22. The monoisotopic (exact) mass is 435 g/mol. The number of aromatic amines is 1. The molecule has 0 fully saturated rings. The molecule has 9 heteroatoms. The topological polar surface area (TPSA) is 121 Å². The number of nitrogens with one attached hydrogen (secondary N) is 2. The van der Waals surface area contributed by atoms with E-state index in [2.05, 4.69) is 15.3 Å². The molecule has 0 aliphatic rings. The lowest BCUT2D eigenvalue weighted by molar-refractivity contribution is 0.100. The van der Waals surface area contributed by atoms with Gasteiger partial charge in [0.25, 0.3) is 5.91 Å². The summed E-state index contributed by atoms with van der Waals surface area (Å²) in [5.74, 6) is -0.0974. The van der Waals surface area contributed by atoms with Crippen LogP contribution in [0.25, 0.3) is 10.9 Å². The fourth-order valence-corrected chi connectivity index (χ4v) is 4.04. The van der Waals surface area contributed by atoms with Gasteiger partial charge in [-0.25, -0.2) is 13.4 Å². The van der Waals surface area contributed by atoms with E-state index in [4.69, 9.17) is 5.73 Å². The number of H-pyrrole nitrogens is 1. The summed E-state index contributed by atoms with van der Waals surface area (Å²) in [5, 5.41) is 4.14. The van der Waals surface area contributed by atoms with Crippen LogP contribution in [0.2, 0.25) is 0 Å². The molecule has 8 nitrogen and oxygen atoms in total. The third kappa shape index (κ3) is 4.08. The highest BCUT2D eigenvalue weighted by molar-refractivity contribution is 7.90. The minimum atomic E-state index is -3.27. The van der Waals surface area contributed by atoms with Gasteiger partial charge in [-0.05, 0) is 42.5 Å². The van der Waals surface area contributed by atoms with Gasteiger partial charge in [0.2, 0.25) is 0 Å². The molecule has 4 N–H and O–H groups in total. The molecule has 0 saturated heterocycles. The Morgan fingerprint density at radius 2 is 1.84 bits per heavy atom. The Hall–Kier alpha value is -3.85. The van der Waals surface area contributed by atoms with Crippen LogP contribution in [-0.2, 0) is 9.84 Å². The summed E-state index contributed by atoms with van der Waals surface area (Å²) in [4.78, 5) is 21.6. The molecular formula is C22H21N5O3S. The van der Waals surface area contributed by atoms with Crippen molar-refractivity contribution in [2.75, 3.05) is 23.5 Å². The van der Waals surface area contributed by atoms with Crippen molar-refractivity contribution in [3.8, 4) is 0 Å². The van der Waals surface area contributed by atoms with Crippen LogP contribution in [0.5, 0.6) is 0 Å². The summed E-state index contributed by atoms with van der Waals surface area (Å²) >= 11 is 0. The lowest BCUT2D eigenvalue weighted by Gasteiger charge is -2.23. The standard InChI is InChI=1S/C22H21N5O3S/c1-27(19-5-3-4-18-16(19)10-11-24-18)20-12-21(25-13-17(20)22(23)28)26-14-6-8-15(9-7-14)31(2,29)30/h3-13,24H,1-2H3,(H2,23,28)(H,25,26). The van der Waals surface area contributed by atoms with E-state index in [-0.39, 0.29) is 10.5 Å². The van der Waals surface area contributed by atoms with E-state index in [0.717, 1.165) is 22.8 Å². The minimum absolute atomic E-state index is 0.232. The van der Waals surface area contributed by atoms with Gasteiger partial charge in [0, 0.05) is 48.4 Å². The van der Waals surface area contributed by atoms with Crippen molar-refractivity contribution in [3.05, 3.63) is 72.6 Å². The number of nitrogens with two attached hydrogens (primary N) is 1. The number of fused-ring (bicyclic) bond motifs is 1. The molecule has 0 aliphatic carbocycles. The van der Waals surface area contributed by atoms with Crippen LogP contribution in [0.3, 0.4) is 0 Å². The zero-order chi connectivity index (χ0) is 22.2. The second-order valence-corrected chi connectivity index (χ2v) is 9.16. The number of aromatic nitrogens is 2. The molecule has 158 valence electrons. The largest absolute Gasteiger partial charge is 0.365 e. The van der Waals surface area contributed by atoms with Gasteiger partial charge in [0.15, 0.2) is 9.84 Å². The number of carbonyl (C=O) groups is 1. The van der Waals surface area contributed by atoms with E-state index < -0.39 is 15.7 Å². The number of primary amides is 1. The van der Waals surface area contributed by atoms with Crippen molar-refractivity contribution in [3.63, 3.8) is 0 Å². The molecule has 0 atom stereocenters. The molecule has 31 heavy (non-hydrogen) atoms. The van der Waals surface area contributed by atoms with Gasteiger partial charge in [0.05, 0.1) is 21.8 Å². The van der Waals surface area contributed by atoms with Gasteiger partial charge in [-0.1, -0.05) is 6.07 Å². The second kappa shape index (κ2) is 7.77. The number of benzene rings is 2. The lowest BCUT2D eigenvalue weighted by atomic mass is 10.1. The van der Waals surface area contributed by atoms with E-state index in [0.29, 0.717) is 17.2 Å². The molecule has 0 unspecified atom stereocenters. The van der Waals surface area contributed by atoms with Gasteiger partial charge < -0.3 is 20.9 Å². The predicted molar refractivity (Wildman–Crippen MR) is 122 cm³/mol. The van der Waals surface area contributed by atoms with Gasteiger partial charge >= 0.3 is 0 Å². The molecule has 0 radical (unpaired) electrons. The first-order valence-corrected chi connectivity index (χ1v) is 11.3. The Morgan fingerprint density at radius 3 is 2.52 bits per heavy atom. The second-order valence-electron chi connectivity index (χ2n) is 7.15. The van der Waals surface area contributed by atoms with Crippen molar-refractivity contribution in [2.45, 2.75) is 4.90 Å². The van der Waals surface area contributed by atoms with E-state index in [1.54, 1.807) is 18.2 Å². The van der Waals surface area contributed by atoms with Gasteiger partial charge in [0.1, 0.15) is 5.82 Å². The normalized spacial score (nSPS) is 11.4. The zero-order valence-electron chi connectivity index (χ0n) is 17.0. The Bertz CT molecular complexity index is 1380. The number of anilines is 4. The Kier molecular flexibility index (Phi) is 5.12. The average molecular weight is 436 g/mol. The Labute approximate surface area is 179 Å². The van der Waals surface area contributed by atoms with Crippen molar-refractivity contribution in [2.24, 2.45) is 5.73 Å². The van der Waals surface area contributed by atoms with Gasteiger partial charge in [-0.15, -0.1) is 0 Å². The third-order valence-corrected chi connectivity index (χ3v) is 6.13. The summed E-state index contributed by atoms with van der Waals surface area (Å²) in [6, 6.07) is 15.9. The summed E-state index contributed by atoms with van der Waals surface area (Å²) in [6.45, 7) is 0. The van der Waals surface area contributed by atoms with Crippen LogP contribution in [0.15, 0.2) is 71.9 Å². The van der Waals surface area contributed by atoms with Gasteiger partial charge in [-0.3, -0.25) is 4.79 Å². The molecule has 0 spiro atoms. The Morgan fingerprint density at radius 1 is 1.10 bits per heavy atom. The number of pyridine rings is 1. The molecule has 0 saturated carbocycles. The molecule has 2 aromatic carbocycles. The lowest BCUT2D eigenvalue weighted by Crippen LogP contribution is -2.19. The fraction of sp³-hybridized carbons (Fsp3) is 0.0909. The number of rotatable bonds is 6. The molecule has 4 aromatic rings. The van der Waals surface area contributed by atoms with E-state index >= 15 is 0 Å². The maximum absolute atomic E-state index is 12.0. The minimum Gasteiger partial charge on any atom is -0.365 e. The van der Waals surface area contributed by atoms with Crippen molar-refractivity contribution in [1.29, 1.82) is 0 Å². The van der Waals surface area contributed by atoms with Crippen LogP contribution in [-0.4, -0.2) is 37.6 Å². The number of hydrogen-bond donors (Lipinski definition) is 3. The predicted octanol–water partition coefficient (Wildman–Crippen LogP) is 3.58. The first-order valence-electron chi connectivity index (χ1n) is 9.41. The van der Waals surface area contributed by atoms with Crippen molar-refractivity contribution in [1.82, 2.24) is 9.97 Å². The smallest absolute Gasteiger partial charge is 0.252 e. The Balaban J connectivity index is 1.72. The summed E-state index contributed by atoms with van der Waals surface area (Å²) in [6.07, 6.45) is 4.45. The number of nitrogens with zero attached hydrogens (tertiary/aromatic N) is 2. The highest BCUT2D eigenvalue weighted by atomic mass is 32.2. The maximum atomic E-state index is 12.0. The molecule has 1 amide bonds. The van der Waals surface area contributed by atoms with Crippen LogP contribution >= 0.6 is 0 Å². The van der Waals surface area contributed by atoms with Crippen molar-refractivity contribution < 1.29 is 13.2 Å². The molecule has 2 aromatic heterocycles. The fourth-order valence-electron chi connectivity index (χ4n) is 3.40. The number of amides is 1. The maximum Gasteiger partial charge on any atom is 0.252 e. The molecule has 0 bridgehead atoms. The molecule has 0 aliphatic heterocycles. The highest BCUT2D eigenvalue weighted by Crippen LogP contribution is 2.34. The van der Waals surface area contributed by atoms with Crippen LogP contribution in [0.1, 0.15) is 10.4 Å².